The van der Waals surface area contributed by atoms with Crippen molar-refractivity contribution in [3.63, 3.8) is 0 Å². The number of benzene rings is 1. The Hall–Kier alpha value is -2.41. The Bertz CT molecular complexity index is 962. The summed E-state index contributed by atoms with van der Waals surface area (Å²) in [5, 5.41) is 0.703. The molecule has 0 saturated carbocycles. The number of hydrogen-bond donors (Lipinski definition) is 0. The highest BCUT2D eigenvalue weighted by atomic mass is 32.2. The second-order valence-corrected chi connectivity index (χ2v) is 7.18. The van der Waals surface area contributed by atoms with Crippen LogP contribution in [0.1, 0.15) is 30.8 Å². The van der Waals surface area contributed by atoms with Crippen molar-refractivity contribution in [2.24, 2.45) is 4.99 Å². The number of aryl methyl sites for hydroxylation is 1. The lowest BCUT2D eigenvalue weighted by atomic mass is 10.2. The van der Waals surface area contributed by atoms with Crippen LogP contribution in [0.3, 0.4) is 0 Å². The Balaban J connectivity index is 2.04. The van der Waals surface area contributed by atoms with Gasteiger partial charge in [-0.3, -0.25) is 14.7 Å². The molecule has 0 bridgehead atoms. The van der Waals surface area contributed by atoms with E-state index in [0.717, 1.165) is 23.0 Å². The zero-order valence-electron chi connectivity index (χ0n) is 15.7. The summed E-state index contributed by atoms with van der Waals surface area (Å²) in [6.45, 7) is 8.71. The average molecular weight is 389 g/mol. The van der Waals surface area contributed by atoms with E-state index in [9.17, 15) is 13.6 Å². The van der Waals surface area contributed by atoms with Gasteiger partial charge in [-0.25, -0.2) is 8.78 Å². The van der Waals surface area contributed by atoms with Crippen molar-refractivity contribution in [2.75, 3.05) is 13.1 Å². The molecule has 2 aromatic rings. The van der Waals surface area contributed by atoms with Gasteiger partial charge in [-0.05, 0) is 69.3 Å². The molecule has 0 aliphatic carbocycles. The van der Waals surface area contributed by atoms with Gasteiger partial charge in [0.1, 0.15) is 11.6 Å². The molecule has 1 aliphatic heterocycles. The highest BCUT2D eigenvalue weighted by molar-refractivity contribution is 8.18. The summed E-state index contributed by atoms with van der Waals surface area (Å²) in [6, 6.07) is 5.42. The first kappa shape index (κ1) is 19.4. The minimum Gasteiger partial charge on any atom is -0.315 e. The Labute approximate surface area is 161 Å². The summed E-state index contributed by atoms with van der Waals surface area (Å²) in [5.74, 6) is -1.32. The third-order valence-electron chi connectivity index (χ3n) is 4.41. The predicted octanol–water partition coefficient (Wildman–Crippen LogP) is 4.68. The van der Waals surface area contributed by atoms with Crippen molar-refractivity contribution in [1.82, 2.24) is 9.47 Å². The first-order chi connectivity index (χ1) is 12.9. The topological polar surface area (TPSA) is 37.6 Å². The first-order valence-electron chi connectivity index (χ1n) is 8.77. The van der Waals surface area contributed by atoms with Gasteiger partial charge in [0, 0.05) is 30.5 Å². The molecular weight excluding hydrogens is 368 g/mol. The monoisotopic (exact) mass is 389 g/mol. The maximum absolute atomic E-state index is 14.2. The van der Waals surface area contributed by atoms with Gasteiger partial charge in [0.25, 0.3) is 5.91 Å². The van der Waals surface area contributed by atoms with E-state index in [4.69, 9.17) is 0 Å². The number of carbonyl (C=O) groups is 1. The lowest BCUT2D eigenvalue weighted by Crippen LogP contribution is -2.28. The zero-order chi connectivity index (χ0) is 19.7. The van der Waals surface area contributed by atoms with Gasteiger partial charge in [0.2, 0.25) is 0 Å². The second kappa shape index (κ2) is 7.68. The van der Waals surface area contributed by atoms with Gasteiger partial charge in [-0.15, -0.1) is 0 Å². The molecule has 0 radical (unpaired) electrons. The van der Waals surface area contributed by atoms with E-state index in [1.54, 1.807) is 9.47 Å². The lowest BCUT2D eigenvalue weighted by molar-refractivity contribution is -0.122. The normalized spacial score (nSPS) is 17.6. The molecule has 4 nitrogen and oxygen atoms in total. The van der Waals surface area contributed by atoms with Crippen molar-refractivity contribution in [3.05, 3.63) is 57.8 Å². The van der Waals surface area contributed by atoms with Crippen LogP contribution in [0.25, 0.3) is 11.8 Å². The van der Waals surface area contributed by atoms with Crippen molar-refractivity contribution in [3.8, 4) is 5.69 Å². The molecule has 142 valence electrons. The number of aliphatic imine (C=N–C) groups is 1. The molecule has 0 unspecified atom stereocenters. The molecule has 1 aromatic carbocycles. The van der Waals surface area contributed by atoms with Gasteiger partial charge in [-0.1, -0.05) is 0 Å². The van der Waals surface area contributed by atoms with Gasteiger partial charge >= 0.3 is 0 Å². The number of carbonyl (C=O) groups excluding carboxylic acids is 1. The standard InChI is InChI=1S/C20H21F2N3OS/c1-5-23-20-24(6-2)19(26)18(27-20)10-14-9-12(3)25(13(14)4)17-8-7-15(21)11-16(17)22/h7-11H,5-6H2,1-4H3/b18-10-,23-20?. The summed E-state index contributed by atoms with van der Waals surface area (Å²) < 4.78 is 29.2. The number of amidine groups is 1. The number of amides is 1. The maximum atomic E-state index is 14.2. The molecule has 1 aliphatic rings. The number of thioether (sulfide) groups is 1. The third-order valence-corrected chi connectivity index (χ3v) is 5.45. The van der Waals surface area contributed by atoms with Crippen molar-refractivity contribution in [1.29, 1.82) is 0 Å². The molecule has 1 amide bonds. The molecule has 0 spiro atoms. The second-order valence-electron chi connectivity index (χ2n) is 6.17. The smallest absolute Gasteiger partial charge is 0.266 e. The van der Waals surface area contributed by atoms with E-state index in [2.05, 4.69) is 4.99 Å². The fourth-order valence-corrected chi connectivity index (χ4v) is 4.24. The molecule has 27 heavy (non-hydrogen) atoms. The average Bonchev–Trinajstić information content (AvgIpc) is 3.05. The minimum atomic E-state index is -0.628. The van der Waals surface area contributed by atoms with E-state index >= 15 is 0 Å². The van der Waals surface area contributed by atoms with Crippen LogP contribution in [-0.2, 0) is 4.79 Å². The highest BCUT2D eigenvalue weighted by Gasteiger charge is 2.32. The summed E-state index contributed by atoms with van der Waals surface area (Å²) in [7, 11) is 0. The van der Waals surface area contributed by atoms with Gasteiger partial charge < -0.3 is 4.57 Å². The highest BCUT2D eigenvalue weighted by Crippen LogP contribution is 2.34. The van der Waals surface area contributed by atoms with E-state index in [1.807, 2.05) is 39.8 Å². The number of aromatic nitrogens is 1. The van der Waals surface area contributed by atoms with Gasteiger partial charge in [0.15, 0.2) is 5.17 Å². The summed E-state index contributed by atoms with van der Waals surface area (Å²) >= 11 is 1.35. The molecule has 3 rings (SSSR count). The van der Waals surface area contributed by atoms with Crippen molar-refractivity contribution < 1.29 is 13.6 Å². The quantitative estimate of drug-likeness (QED) is 0.712. The molecule has 7 heteroatoms. The van der Waals surface area contributed by atoms with Crippen molar-refractivity contribution >= 4 is 28.9 Å². The first-order valence-corrected chi connectivity index (χ1v) is 9.59. The number of halogens is 2. The predicted molar refractivity (Wildman–Crippen MR) is 106 cm³/mol. The maximum Gasteiger partial charge on any atom is 0.266 e. The number of hydrogen-bond acceptors (Lipinski definition) is 3. The number of likely N-dealkylation sites (N-methyl/N-ethyl adjacent to an activating group) is 1. The van der Waals surface area contributed by atoms with Crippen LogP contribution in [0.15, 0.2) is 34.2 Å². The number of rotatable bonds is 4. The summed E-state index contributed by atoms with van der Waals surface area (Å²) in [6.07, 6.45) is 1.81. The summed E-state index contributed by atoms with van der Waals surface area (Å²) in [4.78, 5) is 19.3. The molecule has 0 N–H and O–H groups in total. The fraction of sp³-hybridized carbons (Fsp3) is 0.300. The fourth-order valence-electron chi connectivity index (χ4n) is 3.15. The van der Waals surface area contributed by atoms with E-state index in [1.165, 1.54) is 23.9 Å². The van der Waals surface area contributed by atoms with E-state index in [-0.39, 0.29) is 11.6 Å². The molecule has 2 heterocycles. The zero-order valence-corrected chi connectivity index (χ0v) is 16.5. The van der Waals surface area contributed by atoms with Crippen molar-refractivity contribution in [2.45, 2.75) is 27.7 Å². The van der Waals surface area contributed by atoms with Crippen LogP contribution in [0.4, 0.5) is 8.78 Å². The Morgan fingerprint density at radius 2 is 1.93 bits per heavy atom. The van der Waals surface area contributed by atoms with Crippen LogP contribution in [0.5, 0.6) is 0 Å². The van der Waals surface area contributed by atoms with Crippen LogP contribution in [-0.4, -0.2) is 33.6 Å². The largest absolute Gasteiger partial charge is 0.315 e. The van der Waals surface area contributed by atoms with Crippen LogP contribution in [0.2, 0.25) is 0 Å². The Kier molecular flexibility index (Phi) is 5.51. The molecule has 1 saturated heterocycles. The minimum absolute atomic E-state index is 0.0764. The van der Waals surface area contributed by atoms with Gasteiger partial charge in [0.05, 0.1) is 10.6 Å². The van der Waals surface area contributed by atoms with Crippen LogP contribution in [0, 0.1) is 25.5 Å². The molecule has 1 aromatic heterocycles. The number of nitrogens with zero attached hydrogens (tertiary/aromatic N) is 3. The lowest BCUT2D eigenvalue weighted by Gasteiger charge is -2.11. The van der Waals surface area contributed by atoms with Gasteiger partial charge in [-0.2, -0.15) is 0 Å². The van der Waals surface area contributed by atoms with Crippen LogP contribution < -0.4 is 0 Å². The third kappa shape index (κ3) is 3.56. The SMILES string of the molecule is CCN=C1S/C(=C\c2cc(C)n(-c3ccc(F)cc3F)c2C)C(=O)N1CC. The molecule has 0 atom stereocenters. The molecule has 1 fully saturated rings. The van der Waals surface area contributed by atoms with E-state index in [0.29, 0.717) is 23.2 Å². The Morgan fingerprint density at radius 1 is 1.19 bits per heavy atom. The van der Waals surface area contributed by atoms with Crippen LogP contribution >= 0.6 is 11.8 Å². The summed E-state index contributed by atoms with van der Waals surface area (Å²) in [5.41, 5.74) is 2.68. The Morgan fingerprint density at radius 3 is 2.56 bits per heavy atom. The molecular formula is C20H21F2N3OS. The van der Waals surface area contributed by atoms with E-state index < -0.39 is 11.6 Å².